The molecule has 0 unspecified atom stereocenters. The summed E-state index contributed by atoms with van der Waals surface area (Å²) in [6.07, 6.45) is 2.49. The SMILES string of the molecule is O[CH]C1(O)CCC1. The van der Waals surface area contributed by atoms with E-state index in [9.17, 15) is 0 Å². The minimum Gasteiger partial charge on any atom is -0.387 e. The van der Waals surface area contributed by atoms with Gasteiger partial charge < -0.3 is 10.2 Å². The van der Waals surface area contributed by atoms with Gasteiger partial charge in [0.2, 0.25) is 0 Å². The number of hydrogen-bond donors (Lipinski definition) is 2. The quantitative estimate of drug-likeness (QED) is 0.503. The number of hydrogen-bond acceptors (Lipinski definition) is 2. The summed E-state index contributed by atoms with van der Waals surface area (Å²) in [7, 11) is 0. The van der Waals surface area contributed by atoms with E-state index in [1.54, 1.807) is 0 Å². The van der Waals surface area contributed by atoms with Crippen LogP contribution in [0.15, 0.2) is 0 Å². The third-order valence-corrected chi connectivity index (χ3v) is 1.46. The fourth-order valence-electron chi connectivity index (χ4n) is 0.668. The molecule has 0 spiro atoms. The van der Waals surface area contributed by atoms with Crippen molar-refractivity contribution in [2.45, 2.75) is 24.9 Å². The highest BCUT2D eigenvalue weighted by Gasteiger charge is 2.33. The van der Waals surface area contributed by atoms with E-state index in [0.29, 0.717) is 0 Å². The molecule has 0 saturated heterocycles. The molecule has 41 valence electrons. The molecule has 0 amide bonds. The Morgan fingerprint density at radius 1 is 1.43 bits per heavy atom. The fraction of sp³-hybridized carbons (Fsp3) is 0.800. The van der Waals surface area contributed by atoms with Crippen LogP contribution in [0.2, 0.25) is 0 Å². The first-order valence-electron chi connectivity index (χ1n) is 2.48. The Bertz CT molecular complexity index is 61.0. The molecular weight excluding hydrogens is 92.1 g/mol. The summed E-state index contributed by atoms with van der Waals surface area (Å²) in [4.78, 5) is 0. The van der Waals surface area contributed by atoms with Gasteiger partial charge in [-0.15, -0.1) is 0 Å². The van der Waals surface area contributed by atoms with Crippen LogP contribution in [0.25, 0.3) is 0 Å². The van der Waals surface area contributed by atoms with Crippen LogP contribution in [-0.4, -0.2) is 15.8 Å². The molecule has 0 bridgehead atoms. The number of aliphatic hydroxyl groups is 2. The minimum absolute atomic E-state index is 0.726. The Morgan fingerprint density at radius 2 is 2.00 bits per heavy atom. The van der Waals surface area contributed by atoms with Crippen molar-refractivity contribution in [1.82, 2.24) is 0 Å². The molecule has 1 rings (SSSR count). The summed E-state index contributed by atoms with van der Waals surface area (Å²) in [6.45, 7) is 0.885. The first-order valence-corrected chi connectivity index (χ1v) is 2.48. The monoisotopic (exact) mass is 101 g/mol. The highest BCUT2D eigenvalue weighted by Crippen LogP contribution is 2.32. The molecule has 2 N–H and O–H groups in total. The fourth-order valence-corrected chi connectivity index (χ4v) is 0.668. The molecule has 1 aliphatic carbocycles. The second-order valence-corrected chi connectivity index (χ2v) is 2.09. The van der Waals surface area contributed by atoms with Gasteiger partial charge in [0.25, 0.3) is 0 Å². The lowest BCUT2D eigenvalue weighted by molar-refractivity contribution is -0.0378. The zero-order valence-electron chi connectivity index (χ0n) is 4.09. The molecule has 0 heterocycles. The van der Waals surface area contributed by atoms with Gasteiger partial charge in [0.15, 0.2) is 0 Å². The molecule has 1 aliphatic rings. The Balaban J connectivity index is 2.29. The van der Waals surface area contributed by atoms with Crippen molar-refractivity contribution < 1.29 is 10.2 Å². The number of aliphatic hydroxyl groups excluding tert-OH is 1. The van der Waals surface area contributed by atoms with Gasteiger partial charge >= 0.3 is 0 Å². The molecule has 2 nitrogen and oxygen atoms in total. The van der Waals surface area contributed by atoms with Crippen LogP contribution >= 0.6 is 0 Å². The molecule has 0 aliphatic heterocycles. The Kier molecular flexibility index (Phi) is 1.05. The van der Waals surface area contributed by atoms with Crippen molar-refractivity contribution in [2.75, 3.05) is 0 Å². The van der Waals surface area contributed by atoms with E-state index in [1.165, 1.54) is 0 Å². The molecular formula is C5H9O2. The van der Waals surface area contributed by atoms with Gasteiger partial charge in [-0.1, -0.05) is 0 Å². The van der Waals surface area contributed by atoms with Crippen molar-refractivity contribution in [3.8, 4) is 0 Å². The lowest BCUT2D eigenvalue weighted by Gasteiger charge is -2.33. The smallest absolute Gasteiger partial charge is 0.111 e. The summed E-state index contributed by atoms with van der Waals surface area (Å²) in [5.74, 6) is 0. The Morgan fingerprint density at radius 3 is 2.00 bits per heavy atom. The highest BCUT2D eigenvalue weighted by atomic mass is 16.3. The minimum atomic E-state index is -0.806. The third-order valence-electron chi connectivity index (χ3n) is 1.46. The average Bonchev–Trinajstić information content (AvgIpc) is 1.61. The maximum Gasteiger partial charge on any atom is 0.111 e. The molecule has 0 aromatic rings. The van der Waals surface area contributed by atoms with Crippen molar-refractivity contribution in [1.29, 1.82) is 0 Å². The summed E-state index contributed by atoms with van der Waals surface area (Å²) in [5.41, 5.74) is -0.806. The van der Waals surface area contributed by atoms with Crippen molar-refractivity contribution in [3.05, 3.63) is 6.61 Å². The second-order valence-electron chi connectivity index (χ2n) is 2.09. The van der Waals surface area contributed by atoms with Crippen LogP contribution in [0.4, 0.5) is 0 Å². The highest BCUT2D eigenvalue weighted by molar-refractivity contribution is 4.93. The Labute approximate surface area is 42.8 Å². The van der Waals surface area contributed by atoms with E-state index < -0.39 is 5.60 Å². The lowest BCUT2D eigenvalue weighted by atomic mass is 9.81. The molecule has 1 saturated carbocycles. The van der Waals surface area contributed by atoms with Crippen LogP contribution in [0.1, 0.15) is 19.3 Å². The topological polar surface area (TPSA) is 40.5 Å². The first kappa shape index (κ1) is 5.06. The van der Waals surface area contributed by atoms with Gasteiger partial charge in [-0.25, -0.2) is 0 Å². The van der Waals surface area contributed by atoms with Gasteiger partial charge in [-0.3, -0.25) is 0 Å². The van der Waals surface area contributed by atoms with Crippen LogP contribution in [0.5, 0.6) is 0 Å². The van der Waals surface area contributed by atoms with E-state index in [0.717, 1.165) is 25.9 Å². The average molecular weight is 101 g/mol. The van der Waals surface area contributed by atoms with Gasteiger partial charge in [0, 0.05) is 0 Å². The van der Waals surface area contributed by atoms with Crippen molar-refractivity contribution in [2.24, 2.45) is 0 Å². The Hall–Kier alpha value is -0.0800. The number of rotatable bonds is 1. The summed E-state index contributed by atoms with van der Waals surface area (Å²) in [5, 5.41) is 17.2. The standard InChI is InChI=1S/C5H9O2/c6-4-5(7)2-1-3-5/h4,6-7H,1-3H2. The van der Waals surface area contributed by atoms with Crippen molar-refractivity contribution >= 4 is 0 Å². The maximum atomic E-state index is 8.91. The van der Waals surface area contributed by atoms with E-state index in [-0.39, 0.29) is 0 Å². The van der Waals surface area contributed by atoms with Crippen LogP contribution in [-0.2, 0) is 0 Å². The molecule has 1 radical (unpaired) electrons. The first-order chi connectivity index (χ1) is 3.27. The summed E-state index contributed by atoms with van der Waals surface area (Å²) < 4.78 is 0. The molecule has 0 atom stereocenters. The van der Waals surface area contributed by atoms with Crippen molar-refractivity contribution in [3.63, 3.8) is 0 Å². The molecule has 0 aromatic heterocycles. The molecule has 1 fully saturated rings. The van der Waals surface area contributed by atoms with E-state index >= 15 is 0 Å². The van der Waals surface area contributed by atoms with Gasteiger partial charge in [-0.2, -0.15) is 0 Å². The normalized spacial score (nSPS) is 26.6. The zero-order valence-corrected chi connectivity index (χ0v) is 4.09. The second kappa shape index (κ2) is 1.46. The van der Waals surface area contributed by atoms with Crippen LogP contribution < -0.4 is 0 Å². The molecule has 2 heteroatoms. The van der Waals surface area contributed by atoms with Gasteiger partial charge in [0.1, 0.15) is 6.61 Å². The van der Waals surface area contributed by atoms with Gasteiger partial charge in [-0.05, 0) is 19.3 Å². The zero-order chi connectivity index (χ0) is 5.33. The van der Waals surface area contributed by atoms with E-state index in [4.69, 9.17) is 10.2 Å². The summed E-state index contributed by atoms with van der Waals surface area (Å²) >= 11 is 0. The predicted molar refractivity (Wildman–Crippen MR) is 25.0 cm³/mol. The van der Waals surface area contributed by atoms with E-state index in [1.807, 2.05) is 0 Å². The van der Waals surface area contributed by atoms with Crippen LogP contribution in [0, 0.1) is 6.61 Å². The van der Waals surface area contributed by atoms with Gasteiger partial charge in [0.05, 0.1) is 5.60 Å². The maximum absolute atomic E-state index is 8.91. The largest absolute Gasteiger partial charge is 0.387 e. The molecule has 0 aromatic carbocycles. The molecule has 7 heavy (non-hydrogen) atoms. The van der Waals surface area contributed by atoms with Crippen LogP contribution in [0.3, 0.4) is 0 Å². The van der Waals surface area contributed by atoms with E-state index in [2.05, 4.69) is 0 Å². The third kappa shape index (κ3) is 0.763. The lowest BCUT2D eigenvalue weighted by Crippen LogP contribution is -2.36. The predicted octanol–water partition coefficient (Wildman–Crippen LogP) is 0.436. The summed E-state index contributed by atoms with van der Waals surface area (Å²) in [6, 6.07) is 0.